The Morgan fingerprint density at radius 3 is 2.67 bits per heavy atom. The molecule has 2 aliphatic heterocycles. The van der Waals surface area contributed by atoms with Gasteiger partial charge >= 0.3 is 6.18 Å². The standard InChI is InChI=1S/C19H21F3N4O/c1-12-4-2-3-5-16(12)26-17(19(20,21)22)15(11-24-26)18(27)25-13-6-7-14(25)10-23-9-8-13/h2-5,11,13-14,23H,6-10H2,1H3. The van der Waals surface area contributed by atoms with E-state index in [0.717, 1.165) is 36.7 Å². The van der Waals surface area contributed by atoms with Gasteiger partial charge < -0.3 is 10.2 Å². The van der Waals surface area contributed by atoms with E-state index in [4.69, 9.17) is 0 Å². The van der Waals surface area contributed by atoms with Crippen molar-refractivity contribution in [1.29, 1.82) is 0 Å². The lowest BCUT2D eigenvalue weighted by Gasteiger charge is -2.28. The molecule has 2 bridgehead atoms. The molecule has 0 spiro atoms. The summed E-state index contributed by atoms with van der Waals surface area (Å²) in [6, 6.07) is 6.63. The van der Waals surface area contributed by atoms with Gasteiger partial charge in [0.15, 0.2) is 5.69 Å². The van der Waals surface area contributed by atoms with E-state index < -0.39 is 17.8 Å². The molecular weight excluding hydrogens is 357 g/mol. The normalized spacial score (nSPS) is 22.7. The number of benzene rings is 1. The predicted molar refractivity (Wildman–Crippen MR) is 93.8 cm³/mol. The summed E-state index contributed by atoms with van der Waals surface area (Å²) in [5, 5.41) is 7.22. The third kappa shape index (κ3) is 3.12. The van der Waals surface area contributed by atoms with Gasteiger partial charge in [-0.1, -0.05) is 18.2 Å². The quantitative estimate of drug-likeness (QED) is 0.873. The molecule has 2 unspecified atom stereocenters. The van der Waals surface area contributed by atoms with E-state index in [1.807, 2.05) is 0 Å². The number of aromatic nitrogens is 2. The Morgan fingerprint density at radius 1 is 1.19 bits per heavy atom. The molecule has 3 heterocycles. The summed E-state index contributed by atoms with van der Waals surface area (Å²) < 4.78 is 42.6. The molecule has 2 fully saturated rings. The van der Waals surface area contributed by atoms with Crippen LogP contribution in [0.4, 0.5) is 13.2 Å². The lowest BCUT2D eigenvalue weighted by Crippen LogP contribution is -2.43. The molecule has 1 N–H and O–H groups in total. The number of carbonyl (C=O) groups is 1. The van der Waals surface area contributed by atoms with Gasteiger partial charge in [-0.15, -0.1) is 0 Å². The van der Waals surface area contributed by atoms with Gasteiger partial charge in [0.1, 0.15) is 0 Å². The smallest absolute Gasteiger partial charge is 0.331 e. The fourth-order valence-corrected chi connectivity index (χ4v) is 4.21. The minimum atomic E-state index is -4.69. The number of amides is 1. The van der Waals surface area contributed by atoms with Crippen LogP contribution in [-0.4, -0.2) is 45.8 Å². The first-order valence-corrected chi connectivity index (χ1v) is 9.12. The maximum Gasteiger partial charge on any atom is 0.434 e. The molecule has 5 nitrogen and oxygen atoms in total. The molecule has 27 heavy (non-hydrogen) atoms. The topological polar surface area (TPSA) is 50.2 Å². The SMILES string of the molecule is Cc1ccccc1-n1ncc(C(=O)N2C3CCNCC2CC3)c1C(F)(F)F. The summed E-state index contributed by atoms with van der Waals surface area (Å²) >= 11 is 0. The zero-order chi connectivity index (χ0) is 19.2. The molecular formula is C19H21F3N4O. The fraction of sp³-hybridized carbons (Fsp3) is 0.474. The first kappa shape index (κ1) is 18.0. The van der Waals surface area contributed by atoms with E-state index in [9.17, 15) is 18.0 Å². The first-order valence-electron chi connectivity index (χ1n) is 9.12. The number of fused-ring (bicyclic) bond motifs is 2. The summed E-state index contributed by atoms with van der Waals surface area (Å²) in [5.74, 6) is -0.571. The van der Waals surface area contributed by atoms with E-state index in [1.54, 1.807) is 36.1 Å². The van der Waals surface area contributed by atoms with E-state index in [1.165, 1.54) is 0 Å². The van der Waals surface area contributed by atoms with Crippen molar-refractivity contribution in [3.05, 3.63) is 47.3 Å². The van der Waals surface area contributed by atoms with Crippen LogP contribution >= 0.6 is 0 Å². The summed E-state index contributed by atoms with van der Waals surface area (Å²) in [5.41, 5.74) is -0.392. The highest BCUT2D eigenvalue weighted by molar-refractivity contribution is 5.96. The van der Waals surface area contributed by atoms with Gasteiger partial charge in [0.05, 0.1) is 17.4 Å². The van der Waals surface area contributed by atoms with Crippen molar-refractivity contribution >= 4 is 5.91 Å². The number of nitrogens with zero attached hydrogens (tertiary/aromatic N) is 3. The molecule has 0 radical (unpaired) electrons. The molecule has 1 aromatic carbocycles. The van der Waals surface area contributed by atoms with Crippen molar-refractivity contribution < 1.29 is 18.0 Å². The number of hydrogen-bond acceptors (Lipinski definition) is 3. The van der Waals surface area contributed by atoms with Gasteiger partial charge in [-0.05, 0) is 44.4 Å². The average Bonchev–Trinajstić information content (AvgIpc) is 3.15. The molecule has 144 valence electrons. The number of rotatable bonds is 2. The number of halogens is 3. The van der Waals surface area contributed by atoms with Crippen molar-refractivity contribution in [2.24, 2.45) is 0 Å². The third-order valence-corrected chi connectivity index (χ3v) is 5.50. The Morgan fingerprint density at radius 2 is 1.93 bits per heavy atom. The largest absolute Gasteiger partial charge is 0.434 e. The van der Waals surface area contributed by atoms with Crippen LogP contribution in [0.2, 0.25) is 0 Å². The molecule has 1 amide bonds. The minimum absolute atomic E-state index is 0.0135. The molecule has 0 saturated carbocycles. The number of carbonyl (C=O) groups excluding carboxylic acids is 1. The highest BCUT2D eigenvalue weighted by atomic mass is 19.4. The van der Waals surface area contributed by atoms with Crippen molar-refractivity contribution in [3.63, 3.8) is 0 Å². The van der Waals surface area contributed by atoms with Crippen LogP contribution in [0.1, 0.15) is 40.9 Å². The van der Waals surface area contributed by atoms with Crippen molar-refractivity contribution in [2.45, 2.75) is 44.4 Å². The van der Waals surface area contributed by atoms with Gasteiger partial charge in [0.25, 0.3) is 5.91 Å². The molecule has 2 saturated heterocycles. The van der Waals surface area contributed by atoms with Crippen LogP contribution in [0.5, 0.6) is 0 Å². The number of nitrogens with one attached hydrogen (secondary N) is 1. The first-order chi connectivity index (χ1) is 12.9. The Kier molecular flexibility index (Phi) is 4.46. The summed E-state index contributed by atoms with van der Waals surface area (Å²) in [6.07, 6.45) is -1.21. The third-order valence-electron chi connectivity index (χ3n) is 5.50. The Hall–Kier alpha value is -2.35. The van der Waals surface area contributed by atoms with Crippen LogP contribution in [0.25, 0.3) is 5.69 Å². The van der Waals surface area contributed by atoms with Crippen LogP contribution in [0, 0.1) is 6.92 Å². The fourth-order valence-electron chi connectivity index (χ4n) is 4.21. The van der Waals surface area contributed by atoms with Gasteiger partial charge in [0.2, 0.25) is 0 Å². The second-order valence-corrected chi connectivity index (χ2v) is 7.19. The van der Waals surface area contributed by atoms with E-state index in [2.05, 4.69) is 10.4 Å². The second-order valence-electron chi connectivity index (χ2n) is 7.19. The van der Waals surface area contributed by atoms with Crippen LogP contribution in [-0.2, 0) is 6.18 Å². The molecule has 4 rings (SSSR count). The summed E-state index contributed by atoms with van der Waals surface area (Å²) in [6.45, 7) is 3.12. The average molecular weight is 378 g/mol. The van der Waals surface area contributed by atoms with Crippen molar-refractivity contribution in [1.82, 2.24) is 20.0 Å². The maximum absolute atomic E-state index is 13.9. The van der Waals surface area contributed by atoms with Gasteiger partial charge in [-0.3, -0.25) is 4.79 Å². The molecule has 1 aromatic heterocycles. The van der Waals surface area contributed by atoms with E-state index >= 15 is 0 Å². The van der Waals surface area contributed by atoms with Crippen molar-refractivity contribution in [2.75, 3.05) is 13.1 Å². The number of hydrogen-bond donors (Lipinski definition) is 1. The van der Waals surface area contributed by atoms with Gasteiger partial charge in [-0.2, -0.15) is 18.3 Å². The second kappa shape index (κ2) is 6.67. The molecule has 0 aliphatic carbocycles. The minimum Gasteiger partial charge on any atom is -0.331 e. The molecule has 2 atom stereocenters. The number of aryl methyl sites for hydroxylation is 1. The lowest BCUT2D eigenvalue weighted by molar-refractivity contribution is -0.143. The predicted octanol–water partition coefficient (Wildman–Crippen LogP) is 3.17. The van der Waals surface area contributed by atoms with Crippen LogP contribution in [0.15, 0.2) is 30.5 Å². The van der Waals surface area contributed by atoms with Crippen LogP contribution < -0.4 is 5.32 Å². The Labute approximate surface area is 155 Å². The summed E-state index contributed by atoms with van der Waals surface area (Å²) in [4.78, 5) is 14.8. The molecule has 2 aromatic rings. The van der Waals surface area contributed by atoms with Crippen LogP contribution in [0.3, 0.4) is 0 Å². The van der Waals surface area contributed by atoms with E-state index in [0.29, 0.717) is 17.8 Å². The zero-order valence-corrected chi connectivity index (χ0v) is 15.0. The van der Waals surface area contributed by atoms with Gasteiger partial charge in [-0.25, -0.2) is 4.68 Å². The summed E-state index contributed by atoms with van der Waals surface area (Å²) in [7, 11) is 0. The Balaban J connectivity index is 1.80. The monoisotopic (exact) mass is 378 g/mol. The highest BCUT2D eigenvalue weighted by Gasteiger charge is 2.45. The van der Waals surface area contributed by atoms with E-state index in [-0.39, 0.29) is 17.6 Å². The Bertz CT molecular complexity index is 847. The van der Waals surface area contributed by atoms with Gasteiger partial charge in [0, 0.05) is 18.6 Å². The zero-order valence-electron chi connectivity index (χ0n) is 15.0. The maximum atomic E-state index is 13.9. The number of para-hydroxylation sites is 1. The lowest BCUT2D eigenvalue weighted by atomic mass is 10.1. The molecule has 8 heteroatoms. The highest BCUT2D eigenvalue weighted by Crippen LogP contribution is 2.37. The number of alkyl halides is 3. The van der Waals surface area contributed by atoms with Crippen molar-refractivity contribution in [3.8, 4) is 5.69 Å². The molecule has 2 aliphatic rings.